The zero-order chi connectivity index (χ0) is 8.69. The lowest BCUT2D eigenvalue weighted by atomic mass is 10.1. The van der Waals surface area contributed by atoms with Crippen molar-refractivity contribution in [2.24, 2.45) is 11.5 Å². The molecule has 0 heterocycles. The second-order valence-corrected chi connectivity index (χ2v) is 2.66. The van der Waals surface area contributed by atoms with Gasteiger partial charge in [0.1, 0.15) is 0 Å². The molecule has 0 radical (unpaired) electrons. The molecule has 0 aromatic carbocycles. The van der Waals surface area contributed by atoms with E-state index >= 15 is 0 Å². The minimum atomic E-state index is -0.734. The van der Waals surface area contributed by atoms with Gasteiger partial charge in [-0.05, 0) is 12.8 Å². The summed E-state index contributed by atoms with van der Waals surface area (Å²) in [7, 11) is 0. The highest BCUT2D eigenvalue weighted by Gasteiger charge is 1.97. The molecule has 0 bridgehead atoms. The third-order valence-electron chi connectivity index (χ3n) is 1.43. The van der Waals surface area contributed by atoms with Crippen molar-refractivity contribution in [2.75, 3.05) is 0 Å². The van der Waals surface area contributed by atoms with Crippen molar-refractivity contribution < 1.29 is 9.90 Å². The van der Waals surface area contributed by atoms with Gasteiger partial charge < -0.3 is 16.6 Å². The van der Waals surface area contributed by atoms with Gasteiger partial charge in [-0.15, -0.1) is 0 Å². The number of rotatable bonds is 6. The van der Waals surface area contributed by atoms with Gasteiger partial charge in [0.05, 0.1) is 6.17 Å². The first-order chi connectivity index (χ1) is 5.13. The van der Waals surface area contributed by atoms with Crippen LogP contribution in [0.4, 0.5) is 0 Å². The number of hydrogen-bond acceptors (Lipinski definition) is 3. The lowest BCUT2D eigenvalue weighted by Crippen LogP contribution is -2.29. The van der Waals surface area contributed by atoms with Crippen LogP contribution < -0.4 is 11.5 Å². The summed E-state index contributed by atoms with van der Waals surface area (Å²) in [6.07, 6.45) is 3.32. The highest BCUT2D eigenvalue weighted by Crippen LogP contribution is 2.02. The first kappa shape index (κ1) is 10.4. The number of carbonyl (C=O) groups is 1. The Bertz CT molecular complexity index is 115. The van der Waals surface area contributed by atoms with Gasteiger partial charge in [-0.3, -0.25) is 4.79 Å². The first-order valence-corrected chi connectivity index (χ1v) is 3.86. The molecule has 0 fully saturated rings. The fourth-order valence-electron chi connectivity index (χ4n) is 0.833. The lowest BCUT2D eigenvalue weighted by Gasteiger charge is -2.02. The standard InChI is InChI=1S/C7H16N2O2/c8-6(9)4-2-1-3-5-7(10)11/h6H,1-5,8-9H2,(H,10,11). The van der Waals surface area contributed by atoms with Crippen molar-refractivity contribution in [2.45, 2.75) is 38.3 Å². The molecular formula is C7H16N2O2. The van der Waals surface area contributed by atoms with Crippen molar-refractivity contribution in [3.8, 4) is 0 Å². The van der Waals surface area contributed by atoms with Crippen LogP contribution in [0.5, 0.6) is 0 Å². The van der Waals surface area contributed by atoms with E-state index in [4.69, 9.17) is 16.6 Å². The van der Waals surface area contributed by atoms with Crippen LogP contribution in [0.2, 0.25) is 0 Å². The molecule has 0 aliphatic carbocycles. The Hall–Kier alpha value is -0.610. The summed E-state index contributed by atoms with van der Waals surface area (Å²) in [6, 6.07) is 0. The molecule has 0 spiro atoms. The predicted molar refractivity (Wildman–Crippen MR) is 42.9 cm³/mol. The van der Waals surface area contributed by atoms with E-state index in [-0.39, 0.29) is 12.6 Å². The molecule has 0 unspecified atom stereocenters. The summed E-state index contributed by atoms with van der Waals surface area (Å²) in [5.41, 5.74) is 10.6. The van der Waals surface area contributed by atoms with Crippen molar-refractivity contribution in [3.63, 3.8) is 0 Å². The van der Waals surface area contributed by atoms with Crippen LogP contribution in [-0.2, 0) is 4.79 Å². The van der Waals surface area contributed by atoms with E-state index in [0.29, 0.717) is 0 Å². The van der Waals surface area contributed by atoms with Crippen LogP contribution >= 0.6 is 0 Å². The lowest BCUT2D eigenvalue weighted by molar-refractivity contribution is -0.137. The third-order valence-corrected chi connectivity index (χ3v) is 1.43. The molecule has 0 aromatic rings. The molecule has 0 amide bonds. The van der Waals surface area contributed by atoms with Crippen LogP contribution in [0.1, 0.15) is 32.1 Å². The smallest absolute Gasteiger partial charge is 0.303 e. The van der Waals surface area contributed by atoms with Crippen LogP contribution in [-0.4, -0.2) is 17.2 Å². The Kier molecular flexibility index (Phi) is 5.78. The summed E-state index contributed by atoms with van der Waals surface area (Å²) >= 11 is 0. The minimum Gasteiger partial charge on any atom is -0.481 e. The maximum atomic E-state index is 10.0. The molecular weight excluding hydrogens is 144 g/mol. The first-order valence-electron chi connectivity index (χ1n) is 3.86. The topological polar surface area (TPSA) is 89.3 Å². The van der Waals surface area contributed by atoms with Gasteiger partial charge >= 0.3 is 5.97 Å². The number of unbranched alkanes of at least 4 members (excludes halogenated alkanes) is 2. The Balaban J connectivity index is 2.97. The molecule has 4 heteroatoms. The molecule has 66 valence electrons. The number of aliphatic carboxylic acids is 1. The van der Waals surface area contributed by atoms with Gasteiger partial charge in [0.15, 0.2) is 0 Å². The zero-order valence-electron chi connectivity index (χ0n) is 6.62. The highest BCUT2D eigenvalue weighted by molar-refractivity contribution is 5.66. The van der Waals surface area contributed by atoms with Crippen LogP contribution in [0, 0.1) is 0 Å². The molecule has 0 rings (SSSR count). The number of carboxylic acids is 1. The van der Waals surface area contributed by atoms with E-state index in [0.717, 1.165) is 25.7 Å². The maximum Gasteiger partial charge on any atom is 0.303 e. The molecule has 5 N–H and O–H groups in total. The normalized spacial score (nSPS) is 10.5. The Morgan fingerprint density at radius 2 is 1.91 bits per heavy atom. The van der Waals surface area contributed by atoms with Crippen molar-refractivity contribution >= 4 is 5.97 Å². The van der Waals surface area contributed by atoms with Gasteiger partial charge in [0.25, 0.3) is 0 Å². The summed E-state index contributed by atoms with van der Waals surface area (Å²) in [4.78, 5) is 10.0. The molecule has 0 saturated carbocycles. The fraction of sp³-hybridized carbons (Fsp3) is 0.857. The SMILES string of the molecule is NC(N)CCCCCC(=O)O. The molecule has 0 aliphatic rings. The Morgan fingerprint density at radius 3 is 2.36 bits per heavy atom. The van der Waals surface area contributed by atoms with Crippen LogP contribution in [0.15, 0.2) is 0 Å². The summed E-state index contributed by atoms with van der Waals surface area (Å²) in [6.45, 7) is 0. The van der Waals surface area contributed by atoms with E-state index < -0.39 is 5.97 Å². The second kappa shape index (κ2) is 6.12. The van der Waals surface area contributed by atoms with Crippen molar-refractivity contribution in [1.29, 1.82) is 0 Å². The monoisotopic (exact) mass is 160 g/mol. The van der Waals surface area contributed by atoms with Gasteiger partial charge in [0.2, 0.25) is 0 Å². The predicted octanol–water partition coefficient (Wildman–Crippen LogP) is 0.265. The Labute approximate surface area is 66.6 Å². The number of hydrogen-bond donors (Lipinski definition) is 3. The van der Waals surface area contributed by atoms with Crippen molar-refractivity contribution in [1.82, 2.24) is 0 Å². The van der Waals surface area contributed by atoms with Crippen LogP contribution in [0.25, 0.3) is 0 Å². The fourth-order valence-corrected chi connectivity index (χ4v) is 0.833. The average molecular weight is 160 g/mol. The molecule has 0 atom stereocenters. The Morgan fingerprint density at radius 1 is 1.27 bits per heavy atom. The quantitative estimate of drug-likeness (QED) is 0.384. The van der Waals surface area contributed by atoms with E-state index in [1.54, 1.807) is 0 Å². The second-order valence-electron chi connectivity index (χ2n) is 2.66. The summed E-state index contributed by atoms with van der Waals surface area (Å²) in [5, 5.41) is 8.27. The van der Waals surface area contributed by atoms with E-state index in [1.807, 2.05) is 0 Å². The van der Waals surface area contributed by atoms with E-state index in [2.05, 4.69) is 0 Å². The average Bonchev–Trinajstić information content (AvgIpc) is 1.85. The van der Waals surface area contributed by atoms with Crippen molar-refractivity contribution in [3.05, 3.63) is 0 Å². The van der Waals surface area contributed by atoms with Crippen LogP contribution in [0.3, 0.4) is 0 Å². The highest BCUT2D eigenvalue weighted by atomic mass is 16.4. The molecule has 4 nitrogen and oxygen atoms in total. The van der Waals surface area contributed by atoms with Gasteiger partial charge in [0, 0.05) is 6.42 Å². The third kappa shape index (κ3) is 9.39. The van der Waals surface area contributed by atoms with E-state index in [1.165, 1.54) is 0 Å². The number of nitrogens with two attached hydrogens (primary N) is 2. The summed E-state index contributed by atoms with van der Waals surface area (Å²) < 4.78 is 0. The summed E-state index contributed by atoms with van der Waals surface area (Å²) in [5.74, 6) is -0.734. The van der Waals surface area contributed by atoms with Gasteiger partial charge in [-0.2, -0.15) is 0 Å². The largest absolute Gasteiger partial charge is 0.481 e. The zero-order valence-corrected chi connectivity index (χ0v) is 6.62. The van der Waals surface area contributed by atoms with Gasteiger partial charge in [-0.25, -0.2) is 0 Å². The molecule has 0 aromatic heterocycles. The maximum absolute atomic E-state index is 10.0. The van der Waals surface area contributed by atoms with Gasteiger partial charge in [-0.1, -0.05) is 12.8 Å². The molecule has 11 heavy (non-hydrogen) atoms. The van der Waals surface area contributed by atoms with E-state index in [9.17, 15) is 4.79 Å². The molecule has 0 aliphatic heterocycles. The number of carboxylic acid groups (broad SMARTS) is 1. The molecule has 0 saturated heterocycles. The minimum absolute atomic E-state index is 0.250.